The number of anilines is 1. The number of nitrogens with one attached hydrogen (secondary N) is 1. The molecule has 0 radical (unpaired) electrons. The molecule has 0 fully saturated rings. The highest BCUT2D eigenvalue weighted by atomic mass is 79.9. The molecule has 0 saturated heterocycles. The third-order valence-electron chi connectivity index (χ3n) is 2.64. The molecule has 0 heterocycles. The first kappa shape index (κ1) is 16.3. The van der Waals surface area contributed by atoms with Crippen LogP contribution >= 0.6 is 31.9 Å². The van der Waals surface area contributed by atoms with Crippen molar-refractivity contribution in [3.05, 3.63) is 62.3 Å². The van der Waals surface area contributed by atoms with E-state index in [0.717, 1.165) is 12.1 Å². The number of benzene rings is 2. The van der Waals surface area contributed by atoms with Gasteiger partial charge in [-0.2, -0.15) is 13.2 Å². The van der Waals surface area contributed by atoms with Crippen LogP contribution in [0, 0.1) is 5.82 Å². The lowest BCUT2D eigenvalue weighted by atomic mass is 10.1. The fourth-order valence-electron chi connectivity index (χ4n) is 1.77. The molecule has 0 aliphatic heterocycles. The highest BCUT2D eigenvalue weighted by molar-refractivity contribution is 9.10. The molecule has 1 nitrogen and oxygen atoms in total. The molecule has 0 aliphatic rings. The van der Waals surface area contributed by atoms with Gasteiger partial charge in [-0.3, -0.25) is 0 Å². The molecule has 0 saturated carbocycles. The van der Waals surface area contributed by atoms with Gasteiger partial charge in [0.2, 0.25) is 0 Å². The van der Waals surface area contributed by atoms with Gasteiger partial charge in [0.05, 0.1) is 5.56 Å². The fourth-order valence-corrected chi connectivity index (χ4v) is 2.78. The van der Waals surface area contributed by atoms with E-state index in [-0.39, 0.29) is 6.54 Å². The van der Waals surface area contributed by atoms with Crippen molar-refractivity contribution in [2.45, 2.75) is 12.7 Å². The Labute approximate surface area is 135 Å². The van der Waals surface area contributed by atoms with Crippen LogP contribution in [0.15, 0.2) is 45.3 Å². The van der Waals surface area contributed by atoms with E-state index in [1.54, 1.807) is 6.07 Å². The van der Waals surface area contributed by atoms with Crippen LogP contribution in [0.4, 0.5) is 23.2 Å². The molecule has 0 aromatic heterocycles. The Balaban J connectivity index is 2.18. The average molecular weight is 427 g/mol. The molecule has 1 N–H and O–H groups in total. The van der Waals surface area contributed by atoms with E-state index in [9.17, 15) is 17.6 Å². The van der Waals surface area contributed by atoms with Gasteiger partial charge in [0, 0.05) is 21.2 Å². The molecule has 7 heteroatoms. The van der Waals surface area contributed by atoms with Crippen molar-refractivity contribution in [2.75, 3.05) is 5.32 Å². The Morgan fingerprint density at radius 3 is 2.19 bits per heavy atom. The fraction of sp³-hybridized carbons (Fsp3) is 0.143. The van der Waals surface area contributed by atoms with Gasteiger partial charge in [0.15, 0.2) is 0 Å². The lowest BCUT2D eigenvalue weighted by Crippen LogP contribution is -2.07. The van der Waals surface area contributed by atoms with Gasteiger partial charge < -0.3 is 5.32 Å². The summed E-state index contributed by atoms with van der Waals surface area (Å²) in [5, 5.41) is 2.85. The SMILES string of the molecule is Fc1cc(Br)cc(CNc2cc(Br)cc(C(F)(F)F)c2)c1. The Morgan fingerprint density at radius 2 is 1.57 bits per heavy atom. The van der Waals surface area contributed by atoms with Gasteiger partial charge in [-0.15, -0.1) is 0 Å². The highest BCUT2D eigenvalue weighted by Gasteiger charge is 2.31. The van der Waals surface area contributed by atoms with E-state index in [1.165, 1.54) is 18.2 Å². The van der Waals surface area contributed by atoms with Crippen LogP contribution in [0.5, 0.6) is 0 Å². The molecule has 21 heavy (non-hydrogen) atoms. The first-order valence-electron chi connectivity index (χ1n) is 5.81. The highest BCUT2D eigenvalue weighted by Crippen LogP contribution is 2.33. The summed E-state index contributed by atoms with van der Waals surface area (Å²) < 4.78 is 52.3. The first-order chi connectivity index (χ1) is 9.74. The van der Waals surface area contributed by atoms with Crippen LogP contribution in [0.3, 0.4) is 0 Å². The van der Waals surface area contributed by atoms with E-state index < -0.39 is 17.6 Å². The Kier molecular flexibility index (Phi) is 4.93. The van der Waals surface area contributed by atoms with Crippen molar-refractivity contribution in [3.8, 4) is 0 Å². The normalized spacial score (nSPS) is 11.5. The maximum absolute atomic E-state index is 13.2. The van der Waals surface area contributed by atoms with Crippen molar-refractivity contribution in [2.24, 2.45) is 0 Å². The van der Waals surface area contributed by atoms with Crippen LogP contribution < -0.4 is 5.32 Å². The predicted octanol–water partition coefficient (Wildman–Crippen LogP) is 5.98. The Morgan fingerprint density at radius 1 is 0.905 bits per heavy atom. The number of alkyl halides is 3. The monoisotopic (exact) mass is 425 g/mol. The Bertz CT molecular complexity index is 636. The maximum atomic E-state index is 13.2. The average Bonchev–Trinajstić information content (AvgIpc) is 2.33. The Hall–Kier alpha value is -1.08. The zero-order chi connectivity index (χ0) is 15.6. The van der Waals surface area contributed by atoms with E-state index in [1.807, 2.05) is 0 Å². The van der Waals surface area contributed by atoms with Crippen molar-refractivity contribution in [1.29, 1.82) is 0 Å². The van der Waals surface area contributed by atoms with Crippen LogP contribution in [-0.2, 0) is 12.7 Å². The maximum Gasteiger partial charge on any atom is 0.416 e. The second-order valence-electron chi connectivity index (χ2n) is 4.36. The van der Waals surface area contributed by atoms with Gasteiger partial charge in [-0.25, -0.2) is 4.39 Å². The summed E-state index contributed by atoms with van der Waals surface area (Å²) >= 11 is 6.21. The van der Waals surface area contributed by atoms with E-state index >= 15 is 0 Å². The van der Waals surface area contributed by atoms with Gasteiger partial charge in [-0.05, 0) is 42.0 Å². The number of halogens is 6. The van der Waals surface area contributed by atoms with E-state index in [0.29, 0.717) is 20.2 Å². The molecule has 2 aromatic rings. The van der Waals surface area contributed by atoms with Gasteiger partial charge in [-0.1, -0.05) is 31.9 Å². The predicted molar refractivity (Wildman–Crippen MR) is 80.6 cm³/mol. The summed E-state index contributed by atoms with van der Waals surface area (Å²) in [5.74, 6) is -0.411. The zero-order valence-corrected chi connectivity index (χ0v) is 13.6. The lowest BCUT2D eigenvalue weighted by molar-refractivity contribution is -0.137. The minimum atomic E-state index is -4.41. The van der Waals surface area contributed by atoms with E-state index in [4.69, 9.17) is 0 Å². The molecule has 0 spiro atoms. The molecule has 112 valence electrons. The van der Waals surface area contributed by atoms with Gasteiger partial charge in [0.1, 0.15) is 5.82 Å². The smallest absolute Gasteiger partial charge is 0.381 e. The molecule has 2 rings (SSSR count). The van der Waals surface area contributed by atoms with Crippen molar-refractivity contribution >= 4 is 37.5 Å². The minimum Gasteiger partial charge on any atom is -0.381 e. The minimum absolute atomic E-state index is 0.212. The summed E-state index contributed by atoms with van der Waals surface area (Å²) in [6.45, 7) is 0.212. The summed E-state index contributed by atoms with van der Waals surface area (Å²) in [7, 11) is 0. The second-order valence-corrected chi connectivity index (χ2v) is 6.19. The third-order valence-corrected chi connectivity index (χ3v) is 3.56. The van der Waals surface area contributed by atoms with Crippen LogP contribution in [0.25, 0.3) is 0 Å². The molecule has 0 aliphatic carbocycles. The van der Waals surface area contributed by atoms with Crippen molar-refractivity contribution in [3.63, 3.8) is 0 Å². The second kappa shape index (κ2) is 6.36. The summed E-state index contributed by atoms with van der Waals surface area (Å²) in [5.41, 5.74) is 0.173. The van der Waals surface area contributed by atoms with Crippen LogP contribution in [-0.4, -0.2) is 0 Å². The third kappa shape index (κ3) is 4.71. The molecule has 0 unspecified atom stereocenters. The quantitative estimate of drug-likeness (QED) is 0.595. The summed E-state index contributed by atoms with van der Waals surface area (Å²) in [6, 6.07) is 7.87. The van der Waals surface area contributed by atoms with Crippen LogP contribution in [0.2, 0.25) is 0 Å². The number of hydrogen-bond acceptors (Lipinski definition) is 1. The zero-order valence-electron chi connectivity index (χ0n) is 10.4. The molecular formula is C14H9Br2F4N. The largest absolute Gasteiger partial charge is 0.416 e. The van der Waals surface area contributed by atoms with Crippen molar-refractivity contribution in [1.82, 2.24) is 0 Å². The van der Waals surface area contributed by atoms with Crippen molar-refractivity contribution < 1.29 is 17.6 Å². The topological polar surface area (TPSA) is 12.0 Å². The number of hydrogen-bond donors (Lipinski definition) is 1. The standard InChI is InChI=1S/C14H9Br2F4N/c15-10-1-8(2-12(17)5-10)7-21-13-4-9(14(18,19)20)3-11(16)6-13/h1-6,21H,7H2. The molecule has 0 atom stereocenters. The van der Waals surface area contributed by atoms with Gasteiger partial charge >= 0.3 is 6.18 Å². The summed E-state index contributed by atoms with van der Waals surface area (Å²) in [4.78, 5) is 0. The molecule has 2 aromatic carbocycles. The number of rotatable bonds is 3. The van der Waals surface area contributed by atoms with Gasteiger partial charge in [0.25, 0.3) is 0 Å². The van der Waals surface area contributed by atoms with Crippen LogP contribution in [0.1, 0.15) is 11.1 Å². The molecule has 0 bridgehead atoms. The molecular weight excluding hydrogens is 418 g/mol. The molecule has 0 amide bonds. The summed E-state index contributed by atoms with van der Waals surface area (Å²) in [6.07, 6.45) is -4.41. The first-order valence-corrected chi connectivity index (χ1v) is 7.39. The van der Waals surface area contributed by atoms with E-state index in [2.05, 4.69) is 37.2 Å². The lowest BCUT2D eigenvalue weighted by Gasteiger charge is -2.12.